The van der Waals surface area contributed by atoms with Crippen LogP contribution in [0.15, 0.2) is 59.4 Å². The van der Waals surface area contributed by atoms with Crippen molar-refractivity contribution in [3.8, 4) is 5.75 Å². The lowest BCUT2D eigenvalue weighted by Crippen LogP contribution is -2.17. The highest BCUT2D eigenvalue weighted by Crippen LogP contribution is 2.23. The molecule has 0 saturated heterocycles. The summed E-state index contributed by atoms with van der Waals surface area (Å²) in [7, 11) is 1.73. The third-order valence-electron chi connectivity index (χ3n) is 4.03. The van der Waals surface area contributed by atoms with Crippen LogP contribution >= 0.6 is 11.6 Å². The molecule has 0 fully saturated rings. The molecular weight excluding hydrogens is 352 g/mol. The fourth-order valence-electron chi connectivity index (χ4n) is 2.70. The van der Waals surface area contributed by atoms with Crippen molar-refractivity contribution >= 4 is 34.1 Å². The smallest absolute Gasteiger partial charge is 0.254 e. The number of carbonyl (C=O) groups is 1. The highest BCUT2D eigenvalue weighted by Gasteiger charge is 2.08. The molecule has 2 aromatic carbocycles. The van der Waals surface area contributed by atoms with Crippen LogP contribution in [0.2, 0.25) is 5.02 Å². The number of nitrogens with one attached hydrogen (secondary N) is 1. The summed E-state index contributed by atoms with van der Waals surface area (Å²) in [4.78, 5) is 24.0. The number of ether oxygens (including phenoxy) is 1. The monoisotopic (exact) mass is 370 g/mol. The van der Waals surface area contributed by atoms with Crippen LogP contribution in [0, 0.1) is 0 Å². The van der Waals surface area contributed by atoms with Crippen molar-refractivity contribution in [2.45, 2.75) is 12.8 Å². The van der Waals surface area contributed by atoms with Gasteiger partial charge >= 0.3 is 0 Å². The van der Waals surface area contributed by atoms with Gasteiger partial charge in [0.2, 0.25) is 5.91 Å². The van der Waals surface area contributed by atoms with Crippen LogP contribution in [0.5, 0.6) is 5.75 Å². The Morgan fingerprint density at radius 3 is 2.77 bits per heavy atom. The van der Waals surface area contributed by atoms with Gasteiger partial charge in [-0.25, -0.2) is 0 Å². The van der Waals surface area contributed by atoms with Crippen LogP contribution in [0.1, 0.15) is 12.8 Å². The molecule has 0 radical (unpaired) electrons. The Balaban J connectivity index is 1.57. The third-order valence-corrected chi connectivity index (χ3v) is 4.27. The maximum absolute atomic E-state index is 12.0. The number of aryl methyl sites for hydroxylation is 1. The molecule has 0 aliphatic heterocycles. The van der Waals surface area contributed by atoms with Crippen LogP contribution < -0.4 is 15.6 Å². The van der Waals surface area contributed by atoms with E-state index in [1.54, 1.807) is 35.9 Å². The fraction of sp³-hybridized carbons (Fsp3) is 0.200. The Bertz CT molecular complexity index is 998. The Kier molecular flexibility index (Phi) is 5.58. The number of benzene rings is 2. The summed E-state index contributed by atoms with van der Waals surface area (Å²) in [5.74, 6) is 0.434. The molecule has 1 N–H and O–H groups in total. The number of hydrogen-bond acceptors (Lipinski definition) is 3. The van der Waals surface area contributed by atoms with Gasteiger partial charge in [0.25, 0.3) is 5.56 Å². The predicted octanol–water partition coefficient (Wildman–Crippen LogP) is 3.99. The van der Waals surface area contributed by atoms with E-state index in [4.69, 9.17) is 16.3 Å². The van der Waals surface area contributed by atoms with Gasteiger partial charge < -0.3 is 14.6 Å². The Labute approximate surface area is 156 Å². The number of nitrogens with zero attached hydrogens (tertiary/aromatic N) is 1. The lowest BCUT2D eigenvalue weighted by molar-refractivity contribution is -0.116. The molecule has 26 heavy (non-hydrogen) atoms. The highest BCUT2D eigenvalue weighted by molar-refractivity contribution is 6.30. The highest BCUT2D eigenvalue weighted by atomic mass is 35.5. The molecule has 1 heterocycles. The molecule has 0 atom stereocenters. The van der Waals surface area contributed by atoms with Crippen molar-refractivity contribution < 1.29 is 9.53 Å². The van der Waals surface area contributed by atoms with Gasteiger partial charge in [-0.3, -0.25) is 9.59 Å². The molecule has 1 aromatic heterocycles. The van der Waals surface area contributed by atoms with Gasteiger partial charge in [-0.05, 0) is 36.8 Å². The maximum Gasteiger partial charge on any atom is 0.254 e. The Morgan fingerprint density at radius 2 is 1.96 bits per heavy atom. The van der Waals surface area contributed by atoms with E-state index in [1.807, 2.05) is 24.3 Å². The van der Waals surface area contributed by atoms with Crippen LogP contribution in [-0.2, 0) is 11.8 Å². The topological polar surface area (TPSA) is 60.3 Å². The molecule has 0 bridgehead atoms. The normalized spacial score (nSPS) is 10.7. The molecule has 3 rings (SSSR count). The minimum Gasteiger partial charge on any atom is -0.493 e. The third kappa shape index (κ3) is 4.24. The van der Waals surface area contributed by atoms with Crippen molar-refractivity contribution in [3.05, 3.63) is 70.0 Å². The van der Waals surface area contributed by atoms with Crippen molar-refractivity contribution in [1.29, 1.82) is 0 Å². The fourth-order valence-corrected chi connectivity index (χ4v) is 2.89. The van der Waals surface area contributed by atoms with E-state index in [0.717, 1.165) is 10.9 Å². The number of anilines is 1. The summed E-state index contributed by atoms with van der Waals surface area (Å²) in [6, 6.07) is 16.1. The summed E-state index contributed by atoms with van der Waals surface area (Å²) in [5.41, 5.74) is 1.35. The molecule has 6 heteroatoms. The number of pyridine rings is 1. The number of rotatable bonds is 6. The van der Waals surface area contributed by atoms with Crippen LogP contribution in [-0.4, -0.2) is 17.1 Å². The van der Waals surface area contributed by atoms with Crippen LogP contribution in [0.4, 0.5) is 5.69 Å². The van der Waals surface area contributed by atoms with E-state index in [2.05, 4.69) is 5.32 Å². The Hall–Kier alpha value is -2.79. The molecular formula is C20H19ClN2O3. The average molecular weight is 371 g/mol. The summed E-state index contributed by atoms with van der Waals surface area (Å²) < 4.78 is 7.34. The van der Waals surface area contributed by atoms with Gasteiger partial charge in [-0.2, -0.15) is 0 Å². The number of para-hydroxylation sites is 1. The maximum atomic E-state index is 12.0. The van der Waals surface area contributed by atoms with E-state index in [0.29, 0.717) is 35.9 Å². The van der Waals surface area contributed by atoms with Gasteiger partial charge in [-0.15, -0.1) is 0 Å². The zero-order chi connectivity index (χ0) is 18.5. The first-order valence-electron chi connectivity index (χ1n) is 8.31. The quantitative estimate of drug-likeness (QED) is 0.667. The first-order valence-corrected chi connectivity index (χ1v) is 8.69. The van der Waals surface area contributed by atoms with Gasteiger partial charge in [0.05, 0.1) is 12.1 Å². The minimum atomic E-state index is -0.127. The van der Waals surface area contributed by atoms with Gasteiger partial charge in [-0.1, -0.05) is 29.8 Å². The lowest BCUT2D eigenvalue weighted by atomic mass is 10.2. The van der Waals surface area contributed by atoms with E-state index in [-0.39, 0.29) is 11.5 Å². The van der Waals surface area contributed by atoms with E-state index in [1.165, 1.54) is 6.07 Å². The Morgan fingerprint density at radius 1 is 1.15 bits per heavy atom. The number of aromatic nitrogens is 1. The zero-order valence-corrected chi connectivity index (χ0v) is 15.1. The number of carbonyl (C=O) groups excluding carboxylic acids is 1. The molecule has 0 aliphatic carbocycles. The predicted molar refractivity (Wildman–Crippen MR) is 104 cm³/mol. The molecule has 0 saturated carbocycles. The summed E-state index contributed by atoms with van der Waals surface area (Å²) in [5, 5.41) is 4.24. The number of fused-ring (bicyclic) bond motifs is 1. The minimum absolute atomic E-state index is 0.107. The first-order chi connectivity index (χ1) is 12.5. The van der Waals surface area contributed by atoms with Gasteiger partial charge in [0.1, 0.15) is 5.75 Å². The summed E-state index contributed by atoms with van der Waals surface area (Å²) >= 11 is 5.90. The van der Waals surface area contributed by atoms with Crippen LogP contribution in [0.25, 0.3) is 10.9 Å². The van der Waals surface area contributed by atoms with E-state index in [9.17, 15) is 9.59 Å². The molecule has 0 unspecified atom stereocenters. The van der Waals surface area contributed by atoms with Crippen LogP contribution in [0.3, 0.4) is 0 Å². The second kappa shape index (κ2) is 8.06. The van der Waals surface area contributed by atoms with E-state index >= 15 is 0 Å². The number of amides is 1. The molecule has 5 nitrogen and oxygen atoms in total. The molecule has 0 spiro atoms. The lowest BCUT2D eigenvalue weighted by Gasteiger charge is -2.11. The SMILES string of the molecule is Cn1c(=O)cc(OCCCC(=O)Nc2cccc(Cl)c2)c2ccccc21. The van der Waals surface area contributed by atoms with Gasteiger partial charge in [0, 0.05) is 35.6 Å². The van der Waals surface area contributed by atoms with Crippen molar-refractivity contribution in [1.82, 2.24) is 4.57 Å². The first kappa shape index (κ1) is 18.0. The number of halogens is 1. The van der Waals surface area contributed by atoms with Crippen molar-refractivity contribution in [3.63, 3.8) is 0 Å². The van der Waals surface area contributed by atoms with Gasteiger partial charge in [0.15, 0.2) is 0 Å². The zero-order valence-electron chi connectivity index (χ0n) is 14.4. The van der Waals surface area contributed by atoms with Crippen molar-refractivity contribution in [2.75, 3.05) is 11.9 Å². The molecule has 0 aliphatic rings. The van der Waals surface area contributed by atoms with Crippen molar-refractivity contribution in [2.24, 2.45) is 7.05 Å². The largest absolute Gasteiger partial charge is 0.493 e. The molecule has 3 aromatic rings. The average Bonchev–Trinajstić information content (AvgIpc) is 2.62. The molecule has 134 valence electrons. The van der Waals surface area contributed by atoms with E-state index < -0.39 is 0 Å². The number of hydrogen-bond donors (Lipinski definition) is 1. The second-order valence-corrected chi connectivity index (χ2v) is 6.37. The summed E-state index contributed by atoms with van der Waals surface area (Å²) in [6.45, 7) is 0.347. The second-order valence-electron chi connectivity index (χ2n) is 5.93. The molecule has 1 amide bonds. The standard InChI is InChI=1S/C20H19ClN2O3/c1-23-17-9-3-2-8-16(17)18(13-20(23)25)26-11-5-10-19(24)22-15-7-4-6-14(21)12-15/h2-4,6-9,12-13H,5,10-11H2,1H3,(H,22,24). The summed E-state index contributed by atoms with van der Waals surface area (Å²) in [6.07, 6.45) is 0.852.